The summed E-state index contributed by atoms with van der Waals surface area (Å²) in [4.78, 5) is 13.2. The second-order valence-electron chi connectivity index (χ2n) is 6.75. The molecule has 2 rings (SSSR count). The lowest BCUT2D eigenvalue weighted by atomic mass is 9.87. The van der Waals surface area contributed by atoms with Crippen molar-refractivity contribution in [2.75, 3.05) is 18.4 Å². The largest absolute Gasteiger partial charge is 0.382 e. The number of carbonyl (C=O) groups excluding carboxylic acids is 1. The zero-order valence-electron chi connectivity index (χ0n) is 13.1. The fraction of sp³-hybridized carbons (Fsp3) is 0.588. The summed E-state index contributed by atoms with van der Waals surface area (Å²) in [6.45, 7) is 10.1. The van der Waals surface area contributed by atoms with E-state index in [2.05, 4.69) is 50.4 Å². The maximum absolute atomic E-state index is 11.3. The van der Waals surface area contributed by atoms with Gasteiger partial charge in [-0.3, -0.25) is 4.79 Å². The minimum Gasteiger partial charge on any atom is -0.382 e. The molecule has 1 amide bonds. The van der Waals surface area contributed by atoms with Crippen LogP contribution in [-0.2, 0) is 10.2 Å². The van der Waals surface area contributed by atoms with Gasteiger partial charge in [-0.25, -0.2) is 0 Å². The number of piperidine rings is 1. The van der Waals surface area contributed by atoms with Gasteiger partial charge >= 0.3 is 0 Å². The Hall–Kier alpha value is -1.51. The fourth-order valence-corrected chi connectivity index (χ4v) is 2.64. The van der Waals surface area contributed by atoms with Gasteiger partial charge in [0, 0.05) is 31.7 Å². The molecule has 0 spiro atoms. The van der Waals surface area contributed by atoms with Crippen molar-refractivity contribution in [3.63, 3.8) is 0 Å². The van der Waals surface area contributed by atoms with Crippen molar-refractivity contribution >= 4 is 11.6 Å². The predicted octanol–water partition coefficient (Wildman–Crippen LogP) is 3.41. The standard InChI is InChI=1S/C17H26N2O/c1-13(20)19-11-9-16(10-12-19)18-15-7-5-14(6-8-15)17(2,3)4/h5-8,16,18H,9-12H2,1-4H3. The van der Waals surface area contributed by atoms with Crippen molar-refractivity contribution in [1.82, 2.24) is 4.90 Å². The Morgan fingerprint density at radius 2 is 1.70 bits per heavy atom. The van der Waals surface area contributed by atoms with Crippen LogP contribution in [0.2, 0.25) is 0 Å². The van der Waals surface area contributed by atoms with E-state index in [0.29, 0.717) is 6.04 Å². The van der Waals surface area contributed by atoms with Gasteiger partial charge in [0.2, 0.25) is 5.91 Å². The summed E-state index contributed by atoms with van der Waals surface area (Å²) in [5.41, 5.74) is 2.74. The molecular formula is C17H26N2O. The minimum absolute atomic E-state index is 0.193. The van der Waals surface area contributed by atoms with Crippen molar-refractivity contribution in [1.29, 1.82) is 0 Å². The first-order valence-electron chi connectivity index (χ1n) is 7.49. The predicted molar refractivity (Wildman–Crippen MR) is 84.0 cm³/mol. The topological polar surface area (TPSA) is 32.3 Å². The Morgan fingerprint density at radius 1 is 1.15 bits per heavy atom. The molecule has 1 fully saturated rings. The molecule has 0 unspecified atom stereocenters. The van der Waals surface area contributed by atoms with E-state index in [1.165, 1.54) is 11.3 Å². The molecule has 1 aliphatic heterocycles. The molecule has 0 aromatic heterocycles. The quantitative estimate of drug-likeness (QED) is 0.896. The number of nitrogens with zero attached hydrogens (tertiary/aromatic N) is 1. The van der Waals surface area contributed by atoms with E-state index < -0.39 is 0 Å². The van der Waals surface area contributed by atoms with Crippen LogP contribution in [0.4, 0.5) is 5.69 Å². The average Bonchev–Trinajstić information content (AvgIpc) is 2.39. The molecule has 1 N–H and O–H groups in total. The highest BCUT2D eigenvalue weighted by atomic mass is 16.2. The van der Waals surface area contributed by atoms with E-state index in [0.717, 1.165) is 25.9 Å². The van der Waals surface area contributed by atoms with E-state index in [1.807, 2.05) is 4.90 Å². The van der Waals surface area contributed by atoms with Crippen LogP contribution in [0.15, 0.2) is 24.3 Å². The Labute approximate surface area is 122 Å². The molecule has 0 radical (unpaired) electrons. The molecule has 1 heterocycles. The van der Waals surface area contributed by atoms with Crippen LogP contribution in [0.3, 0.4) is 0 Å². The van der Waals surface area contributed by atoms with Crippen molar-refractivity contribution in [2.45, 2.75) is 52.0 Å². The summed E-state index contributed by atoms with van der Waals surface area (Å²) < 4.78 is 0. The van der Waals surface area contributed by atoms with Gasteiger partial charge in [0.25, 0.3) is 0 Å². The maximum atomic E-state index is 11.3. The Kier molecular flexibility index (Phi) is 4.36. The van der Waals surface area contributed by atoms with Crippen LogP contribution in [-0.4, -0.2) is 29.9 Å². The third-order valence-electron chi connectivity index (χ3n) is 4.06. The van der Waals surface area contributed by atoms with E-state index in [-0.39, 0.29) is 11.3 Å². The van der Waals surface area contributed by atoms with Gasteiger partial charge < -0.3 is 10.2 Å². The first-order valence-corrected chi connectivity index (χ1v) is 7.49. The normalized spacial score (nSPS) is 17.1. The van der Waals surface area contributed by atoms with Crippen LogP contribution in [0.1, 0.15) is 46.1 Å². The van der Waals surface area contributed by atoms with Crippen molar-refractivity contribution in [2.24, 2.45) is 0 Å². The highest BCUT2D eigenvalue weighted by Gasteiger charge is 2.20. The molecule has 110 valence electrons. The molecule has 20 heavy (non-hydrogen) atoms. The summed E-state index contributed by atoms with van der Waals surface area (Å²) in [6, 6.07) is 9.21. The number of rotatable bonds is 2. The van der Waals surface area contributed by atoms with Crippen LogP contribution >= 0.6 is 0 Å². The average molecular weight is 274 g/mol. The van der Waals surface area contributed by atoms with E-state index in [4.69, 9.17) is 0 Å². The molecular weight excluding hydrogens is 248 g/mol. The van der Waals surface area contributed by atoms with E-state index in [1.54, 1.807) is 6.92 Å². The molecule has 0 aliphatic carbocycles. The number of carbonyl (C=O) groups is 1. The third kappa shape index (κ3) is 3.75. The van der Waals surface area contributed by atoms with E-state index >= 15 is 0 Å². The zero-order valence-corrected chi connectivity index (χ0v) is 13.1. The van der Waals surface area contributed by atoms with Crippen molar-refractivity contribution in [3.05, 3.63) is 29.8 Å². The molecule has 0 saturated carbocycles. The smallest absolute Gasteiger partial charge is 0.219 e. The number of hydrogen-bond acceptors (Lipinski definition) is 2. The molecule has 3 nitrogen and oxygen atoms in total. The molecule has 1 aromatic carbocycles. The molecule has 3 heteroatoms. The van der Waals surface area contributed by atoms with Gasteiger partial charge in [-0.15, -0.1) is 0 Å². The second-order valence-corrected chi connectivity index (χ2v) is 6.75. The maximum Gasteiger partial charge on any atom is 0.219 e. The summed E-state index contributed by atoms with van der Waals surface area (Å²) in [5.74, 6) is 0.193. The Morgan fingerprint density at radius 3 is 2.15 bits per heavy atom. The monoisotopic (exact) mass is 274 g/mol. The molecule has 0 bridgehead atoms. The summed E-state index contributed by atoms with van der Waals surface area (Å²) in [6.07, 6.45) is 2.06. The van der Waals surface area contributed by atoms with Crippen LogP contribution in [0.25, 0.3) is 0 Å². The molecule has 1 saturated heterocycles. The number of nitrogens with one attached hydrogen (secondary N) is 1. The number of anilines is 1. The first-order chi connectivity index (χ1) is 9.36. The van der Waals surface area contributed by atoms with Gasteiger partial charge in [-0.05, 0) is 36.0 Å². The number of benzene rings is 1. The van der Waals surface area contributed by atoms with Crippen LogP contribution < -0.4 is 5.32 Å². The van der Waals surface area contributed by atoms with Gasteiger partial charge in [0.1, 0.15) is 0 Å². The Balaban J connectivity index is 1.90. The van der Waals surface area contributed by atoms with E-state index in [9.17, 15) is 4.79 Å². The van der Waals surface area contributed by atoms with Crippen LogP contribution in [0.5, 0.6) is 0 Å². The van der Waals surface area contributed by atoms with Gasteiger partial charge in [-0.1, -0.05) is 32.9 Å². The summed E-state index contributed by atoms with van der Waals surface area (Å²) in [7, 11) is 0. The fourth-order valence-electron chi connectivity index (χ4n) is 2.64. The van der Waals surface area contributed by atoms with Crippen molar-refractivity contribution < 1.29 is 4.79 Å². The second kappa shape index (κ2) is 5.86. The highest BCUT2D eigenvalue weighted by Crippen LogP contribution is 2.24. The lowest BCUT2D eigenvalue weighted by Crippen LogP contribution is -2.41. The Bertz CT molecular complexity index is 451. The summed E-state index contributed by atoms with van der Waals surface area (Å²) >= 11 is 0. The zero-order chi connectivity index (χ0) is 14.8. The molecule has 1 aliphatic rings. The number of hydrogen-bond donors (Lipinski definition) is 1. The highest BCUT2D eigenvalue weighted by molar-refractivity contribution is 5.73. The lowest BCUT2D eigenvalue weighted by Gasteiger charge is -2.32. The molecule has 0 atom stereocenters. The SMILES string of the molecule is CC(=O)N1CCC(Nc2ccc(C(C)(C)C)cc2)CC1. The lowest BCUT2D eigenvalue weighted by molar-refractivity contribution is -0.129. The third-order valence-corrected chi connectivity index (χ3v) is 4.06. The van der Waals surface area contributed by atoms with Crippen LogP contribution in [0, 0.1) is 0 Å². The van der Waals surface area contributed by atoms with Gasteiger partial charge in [0.15, 0.2) is 0 Å². The molecule has 1 aromatic rings. The minimum atomic E-state index is 0.193. The number of amides is 1. The summed E-state index contributed by atoms with van der Waals surface area (Å²) in [5, 5.41) is 3.58. The van der Waals surface area contributed by atoms with Crippen molar-refractivity contribution in [3.8, 4) is 0 Å². The van der Waals surface area contributed by atoms with Gasteiger partial charge in [0.05, 0.1) is 0 Å². The first kappa shape index (κ1) is 14.9. The number of likely N-dealkylation sites (tertiary alicyclic amines) is 1. The van der Waals surface area contributed by atoms with Gasteiger partial charge in [-0.2, -0.15) is 0 Å².